The van der Waals surface area contributed by atoms with E-state index in [1.807, 2.05) is 12.1 Å². The van der Waals surface area contributed by atoms with Crippen molar-refractivity contribution in [1.82, 2.24) is 31.6 Å². The molecule has 0 aliphatic heterocycles. The van der Waals surface area contributed by atoms with E-state index in [4.69, 9.17) is 11.5 Å². The monoisotopic (exact) mass is 888 g/mol. The molecule has 3 aromatic carbocycles. The number of thioether (sulfide) groups is 1. The van der Waals surface area contributed by atoms with E-state index in [1.165, 1.54) is 36.0 Å². The molecule has 6 amide bonds. The number of aromatic amines is 1. The van der Waals surface area contributed by atoms with Gasteiger partial charge in [-0.3, -0.25) is 33.6 Å². The van der Waals surface area contributed by atoms with Gasteiger partial charge in [0.2, 0.25) is 35.4 Å². The molecule has 0 saturated heterocycles. The summed E-state index contributed by atoms with van der Waals surface area (Å²) in [5, 5.41) is 43.0. The van der Waals surface area contributed by atoms with Gasteiger partial charge in [-0.1, -0.05) is 60.7 Å². The number of carboxylic acid groups (broad SMARTS) is 2. The molecule has 0 aliphatic rings. The number of nitrogens with one attached hydrogen (secondary N) is 6. The molecule has 6 atom stereocenters. The number of H-pyrrole nitrogens is 1. The fourth-order valence-corrected chi connectivity index (χ4v) is 7.05. The molecule has 0 bridgehead atoms. The first kappa shape index (κ1) is 48.7. The average Bonchev–Trinajstić information content (AvgIpc) is 3.66. The summed E-state index contributed by atoms with van der Waals surface area (Å²) in [4.78, 5) is 108. The lowest BCUT2D eigenvalue weighted by atomic mass is 10.0. The normalized spacial score (nSPS) is 13.9. The van der Waals surface area contributed by atoms with Crippen molar-refractivity contribution in [2.24, 2.45) is 11.5 Å². The van der Waals surface area contributed by atoms with Gasteiger partial charge in [-0.25, -0.2) is 4.79 Å². The van der Waals surface area contributed by atoms with Crippen molar-refractivity contribution in [1.29, 1.82) is 0 Å². The number of carbonyl (C=O) groups is 8. The number of primary amides is 1. The molecular weight excluding hydrogens is 837 g/mol. The highest BCUT2D eigenvalue weighted by molar-refractivity contribution is 7.98. The Morgan fingerprint density at radius 3 is 1.71 bits per heavy atom. The van der Waals surface area contributed by atoms with Crippen LogP contribution in [0.4, 0.5) is 0 Å². The summed E-state index contributed by atoms with van der Waals surface area (Å²) in [7, 11) is 0. The van der Waals surface area contributed by atoms with E-state index in [9.17, 15) is 53.7 Å². The number of fused-ring (bicyclic) bond motifs is 1. The summed E-state index contributed by atoms with van der Waals surface area (Å²) in [6.07, 6.45) is 1.50. The number of nitrogens with two attached hydrogens (primary N) is 2. The van der Waals surface area contributed by atoms with Crippen LogP contribution < -0.4 is 38.1 Å². The van der Waals surface area contributed by atoms with Crippen molar-refractivity contribution in [3.8, 4) is 5.75 Å². The molecule has 1 aromatic heterocycles. The van der Waals surface area contributed by atoms with Gasteiger partial charge in [0.1, 0.15) is 36.0 Å². The standard InChI is InChI=1S/C43H52N8O11S/c1-63-18-17-32(40(58)51-35(43(61)62)21-26-23-46-30-10-6-5-9-28(26)30)48-39(57)31(15-16-37(54)55)47-41(59)34(20-25-11-13-27(52)14-12-25)50-42(60)33(19-24-7-3-2-4-8-24)49-38(56)29(44)22-36(45)53/h2-14,23,29,31-35,46,52H,15-22,44H2,1H3,(H2,45,53)(H,47,59)(H,48,57)(H,49,56)(H,50,60)(H,51,58)(H,54,55)(H,61,62)/t29-,31-,32-,33-,34-,35-/m0/s1. The first-order valence-electron chi connectivity index (χ1n) is 19.9. The maximum absolute atomic E-state index is 14.2. The highest BCUT2D eigenvalue weighted by Crippen LogP contribution is 2.20. The largest absolute Gasteiger partial charge is 0.508 e. The molecule has 19 nitrogen and oxygen atoms in total. The molecule has 63 heavy (non-hydrogen) atoms. The van der Waals surface area contributed by atoms with E-state index in [0.29, 0.717) is 22.4 Å². The lowest BCUT2D eigenvalue weighted by Gasteiger charge is -2.27. The Morgan fingerprint density at radius 1 is 0.635 bits per heavy atom. The fourth-order valence-electron chi connectivity index (χ4n) is 6.58. The average molecular weight is 889 g/mol. The van der Waals surface area contributed by atoms with Crippen LogP contribution in [-0.4, -0.2) is 116 Å². The number of aromatic nitrogens is 1. The molecule has 0 unspecified atom stereocenters. The third-order valence-corrected chi connectivity index (χ3v) is 10.6. The number of para-hydroxylation sites is 1. The number of aliphatic carboxylic acids is 2. The lowest BCUT2D eigenvalue weighted by molar-refractivity contribution is -0.142. The maximum Gasteiger partial charge on any atom is 0.326 e. The minimum atomic E-state index is -1.58. The number of amides is 6. The Kier molecular flexibility index (Phi) is 18.5. The number of carboxylic acids is 2. The molecule has 1 heterocycles. The number of hydrogen-bond donors (Lipinski definition) is 11. The molecule has 20 heteroatoms. The van der Waals surface area contributed by atoms with Gasteiger partial charge in [0.15, 0.2) is 0 Å². The number of benzene rings is 3. The van der Waals surface area contributed by atoms with Crippen LogP contribution in [0, 0.1) is 0 Å². The van der Waals surface area contributed by atoms with Crippen molar-refractivity contribution >= 4 is 70.0 Å². The number of rotatable bonds is 25. The second kappa shape index (κ2) is 23.9. The van der Waals surface area contributed by atoms with Crippen LogP contribution in [0.15, 0.2) is 85.1 Å². The summed E-state index contributed by atoms with van der Waals surface area (Å²) in [6.45, 7) is 0. The Labute approximate surface area is 366 Å². The molecule has 0 fully saturated rings. The molecule has 4 aromatic rings. The second-order valence-electron chi connectivity index (χ2n) is 14.8. The van der Waals surface area contributed by atoms with Crippen LogP contribution in [0.3, 0.4) is 0 Å². The van der Waals surface area contributed by atoms with E-state index >= 15 is 0 Å². The van der Waals surface area contributed by atoms with Gasteiger partial charge < -0.3 is 58.4 Å². The van der Waals surface area contributed by atoms with Gasteiger partial charge in [0.25, 0.3) is 0 Å². The van der Waals surface area contributed by atoms with Crippen molar-refractivity contribution in [2.75, 3.05) is 12.0 Å². The molecular formula is C43H52N8O11S. The Morgan fingerprint density at radius 2 is 1.14 bits per heavy atom. The lowest BCUT2D eigenvalue weighted by Crippen LogP contribution is -2.60. The Hall–Kier alpha value is -6.93. The zero-order valence-electron chi connectivity index (χ0n) is 34.4. The molecule has 4 rings (SSSR count). The molecule has 336 valence electrons. The third-order valence-electron chi connectivity index (χ3n) is 9.92. The quantitative estimate of drug-likeness (QED) is 0.0425. The van der Waals surface area contributed by atoms with Gasteiger partial charge in [0.05, 0.1) is 12.5 Å². The summed E-state index contributed by atoms with van der Waals surface area (Å²) in [5.74, 6) is -7.68. The Balaban J connectivity index is 1.58. The van der Waals surface area contributed by atoms with Crippen molar-refractivity contribution in [2.45, 2.75) is 81.2 Å². The smallest absolute Gasteiger partial charge is 0.326 e. The molecule has 0 aliphatic carbocycles. The third kappa shape index (κ3) is 15.5. The van der Waals surface area contributed by atoms with Crippen LogP contribution in [0.2, 0.25) is 0 Å². The van der Waals surface area contributed by atoms with Crippen LogP contribution >= 0.6 is 11.8 Å². The predicted molar refractivity (Wildman–Crippen MR) is 233 cm³/mol. The molecule has 0 spiro atoms. The zero-order valence-corrected chi connectivity index (χ0v) is 35.2. The minimum Gasteiger partial charge on any atom is -0.508 e. The summed E-state index contributed by atoms with van der Waals surface area (Å²) < 4.78 is 0. The van der Waals surface area contributed by atoms with E-state index in [0.717, 1.165) is 10.9 Å². The zero-order chi connectivity index (χ0) is 46.1. The highest BCUT2D eigenvalue weighted by Gasteiger charge is 2.34. The van der Waals surface area contributed by atoms with Gasteiger partial charge in [-0.15, -0.1) is 0 Å². The van der Waals surface area contributed by atoms with Crippen LogP contribution in [0.1, 0.15) is 42.4 Å². The number of phenols is 1. The SMILES string of the molecule is CSCC[C@H](NC(=O)[C@H](CCC(=O)O)NC(=O)[C@H](Cc1ccc(O)cc1)NC(=O)[C@H](Cc1ccccc1)NC(=O)[C@@H](N)CC(N)=O)C(=O)N[C@@H](Cc1c[nH]c2ccccc12)C(=O)O. The van der Waals surface area contributed by atoms with Crippen LogP contribution in [0.25, 0.3) is 10.9 Å². The van der Waals surface area contributed by atoms with Gasteiger partial charge in [0, 0.05) is 42.8 Å². The molecule has 13 N–H and O–H groups in total. The van der Waals surface area contributed by atoms with E-state index in [-0.39, 0.29) is 31.4 Å². The van der Waals surface area contributed by atoms with Gasteiger partial charge in [-0.2, -0.15) is 11.8 Å². The first-order valence-corrected chi connectivity index (χ1v) is 21.3. The summed E-state index contributed by atoms with van der Waals surface area (Å²) in [5.41, 5.74) is 13.5. The minimum absolute atomic E-state index is 0.0366. The van der Waals surface area contributed by atoms with Crippen LogP contribution in [0.5, 0.6) is 5.75 Å². The second-order valence-corrected chi connectivity index (χ2v) is 15.7. The summed E-state index contributed by atoms with van der Waals surface area (Å²) in [6, 6.07) is 12.9. The fraction of sp³-hybridized carbons (Fsp3) is 0.349. The topological polar surface area (TPSA) is 325 Å². The van der Waals surface area contributed by atoms with Crippen molar-refractivity contribution < 1.29 is 53.7 Å². The van der Waals surface area contributed by atoms with Gasteiger partial charge in [-0.05, 0) is 59.7 Å². The van der Waals surface area contributed by atoms with Crippen LogP contribution in [-0.2, 0) is 57.6 Å². The number of hydrogen-bond acceptors (Lipinski definition) is 11. The number of aromatic hydroxyl groups is 1. The van der Waals surface area contributed by atoms with E-state index in [2.05, 4.69) is 31.6 Å². The van der Waals surface area contributed by atoms with Crippen molar-refractivity contribution in [3.63, 3.8) is 0 Å². The molecule has 0 saturated carbocycles. The molecule has 0 radical (unpaired) electrons. The number of phenolic OH excluding ortho intramolecular Hbond substituents is 1. The predicted octanol–water partition coefficient (Wildman–Crippen LogP) is 0.231. The summed E-state index contributed by atoms with van der Waals surface area (Å²) >= 11 is 1.35. The van der Waals surface area contributed by atoms with E-state index < -0.39 is 103 Å². The maximum atomic E-state index is 14.2. The van der Waals surface area contributed by atoms with Gasteiger partial charge >= 0.3 is 11.9 Å². The Bertz CT molecular complexity index is 2240. The first-order chi connectivity index (χ1) is 30.0. The van der Waals surface area contributed by atoms with E-state index in [1.54, 1.807) is 54.9 Å². The van der Waals surface area contributed by atoms with Crippen molar-refractivity contribution in [3.05, 3.63) is 102 Å². The number of carbonyl (C=O) groups excluding carboxylic acids is 6. The highest BCUT2D eigenvalue weighted by atomic mass is 32.2.